The molecular weight excluding hydrogens is 731 g/mol. The molecular formula is C53H103NO5. The Labute approximate surface area is 368 Å². The van der Waals surface area contributed by atoms with Gasteiger partial charge in [-0.1, -0.05) is 238 Å². The number of aliphatic hydroxyl groups is 2. The highest BCUT2D eigenvalue weighted by Crippen LogP contribution is 2.18. The minimum absolute atomic E-state index is 0.0740. The Bertz CT molecular complexity index is 893. The van der Waals surface area contributed by atoms with E-state index >= 15 is 0 Å². The number of nitrogens with one attached hydrogen (secondary N) is 1. The minimum atomic E-state index is -0.785. The molecule has 3 N–H and O–H groups in total. The van der Waals surface area contributed by atoms with Crippen molar-refractivity contribution in [2.75, 3.05) is 6.61 Å². The Kier molecular flexibility index (Phi) is 46.5. The number of hydrogen-bond acceptors (Lipinski definition) is 5. The van der Waals surface area contributed by atoms with Gasteiger partial charge in [0.15, 0.2) is 0 Å². The van der Waals surface area contributed by atoms with Gasteiger partial charge in [0.2, 0.25) is 5.91 Å². The van der Waals surface area contributed by atoms with Gasteiger partial charge in [0, 0.05) is 6.42 Å². The normalized spacial score (nSPS) is 13.2. The Hall–Kier alpha value is -1.40. The molecule has 0 aliphatic heterocycles. The molecule has 0 heterocycles. The van der Waals surface area contributed by atoms with Crippen molar-refractivity contribution < 1.29 is 24.5 Å². The maximum atomic E-state index is 13.2. The Morgan fingerprint density at radius 2 is 0.814 bits per heavy atom. The average molecular weight is 834 g/mol. The molecule has 6 nitrogen and oxygen atoms in total. The van der Waals surface area contributed by atoms with Crippen LogP contribution in [-0.2, 0) is 14.3 Å². The highest BCUT2D eigenvalue weighted by Gasteiger charge is 2.24. The van der Waals surface area contributed by atoms with Crippen molar-refractivity contribution >= 4 is 11.9 Å². The molecule has 0 aromatic heterocycles. The summed E-state index contributed by atoms with van der Waals surface area (Å²) in [6.07, 6.45) is 52.7. The van der Waals surface area contributed by atoms with E-state index in [4.69, 9.17) is 4.74 Å². The summed E-state index contributed by atoms with van der Waals surface area (Å²) >= 11 is 0. The van der Waals surface area contributed by atoms with Gasteiger partial charge in [-0.2, -0.15) is 0 Å². The number of amides is 1. The van der Waals surface area contributed by atoms with E-state index < -0.39 is 18.2 Å². The molecule has 0 aliphatic rings. The van der Waals surface area contributed by atoms with E-state index in [0.717, 1.165) is 57.8 Å². The number of esters is 1. The van der Waals surface area contributed by atoms with Gasteiger partial charge in [0.25, 0.3) is 0 Å². The minimum Gasteiger partial charge on any atom is -0.462 e. The van der Waals surface area contributed by atoms with Crippen LogP contribution in [0.15, 0.2) is 12.2 Å². The van der Waals surface area contributed by atoms with Crippen LogP contribution in [0.1, 0.15) is 290 Å². The summed E-state index contributed by atoms with van der Waals surface area (Å²) in [6.45, 7) is 6.49. The lowest BCUT2D eigenvalue weighted by Crippen LogP contribution is -2.46. The zero-order valence-corrected chi connectivity index (χ0v) is 39.9. The number of ether oxygens (including phenoxy) is 1. The second-order valence-electron chi connectivity index (χ2n) is 18.3. The molecule has 0 aromatic carbocycles. The molecule has 0 fully saturated rings. The van der Waals surface area contributed by atoms with Crippen molar-refractivity contribution in [3.63, 3.8) is 0 Å². The van der Waals surface area contributed by atoms with Crippen LogP contribution in [0.3, 0.4) is 0 Å². The van der Waals surface area contributed by atoms with E-state index in [1.165, 1.54) is 186 Å². The number of allylic oxidation sites excluding steroid dienone is 2. The van der Waals surface area contributed by atoms with Gasteiger partial charge < -0.3 is 20.3 Å². The van der Waals surface area contributed by atoms with E-state index in [1.54, 1.807) is 0 Å². The largest absolute Gasteiger partial charge is 0.462 e. The van der Waals surface area contributed by atoms with Crippen LogP contribution < -0.4 is 5.32 Å². The average Bonchev–Trinajstić information content (AvgIpc) is 3.23. The number of hydrogen-bond donors (Lipinski definition) is 3. The molecule has 0 saturated carbocycles. The van der Waals surface area contributed by atoms with Crippen molar-refractivity contribution in [3.8, 4) is 0 Å². The van der Waals surface area contributed by atoms with Gasteiger partial charge in [-0.25, -0.2) is 0 Å². The van der Waals surface area contributed by atoms with E-state index in [9.17, 15) is 19.8 Å². The zero-order chi connectivity index (χ0) is 43.1. The lowest BCUT2D eigenvalue weighted by atomic mass is 10.0. The molecule has 3 atom stereocenters. The first-order valence-corrected chi connectivity index (χ1v) is 26.4. The summed E-state index contributed by atoms with van der Waals surface area (Å²) < 4.78 is 5.93. The molecule has 0 rings (SSSR count). The third kappa shape index (κ3) is 43.1. The van der Waals surface area contributed by atoms with E-state index in [1.807, 2.05) is 0 Å². The van der Waals surface area contributed by atoms with Gasteiger partial charge in [-0.05, 0) is 51.4 Å². The molecule has 0 radical (unpaired) electrons. The smallest absolute Gasteiger partial charge is 0.306 e. The first-order chi connectivity index (χ1) is 29.0. The second-order valence-corrected chi connectivity index (χ2v) is 18.3. The number of aliphatic hydroxyl groups excluding tert-OH is 2. The standard InChI is InChI=1S/C53H103NO5/c1-4-7-10-13-16-19-22-24-26-27-28-30-32-35-38-41-44-49(59-53(58)46-43-40-37-34-31-29-25-23-20-17-14-11-8-5-2)47-52(57)54-50(48-55)51(56)45-42-39-36-33-21-18-15-12-9-6-3/h28,30,49-51,55-56H,4-27,29,31-48H2,1-3H3,(H,54,57)/b30-28+. The number of unbranched alkanes of at least 4 members (excludes halogenated alkanes) is 34. The molecule has 3 unspecified atom stereocenters. The summed E-state index contributed by atoms with van der Waals surface area (Å²) in [5, 5.41) is 23.7. The highest BCUT2D eigenvalue weighted by molar-refractivity contribution is 5.77. The van der Waals surface area contributed by atoms with Crippen LogP contribution in [0.4, 0.5) is 0 Å². The molecule has 6 heteroatoms. The number of carbonyl (C=O) groups is 2. The van der Waals surface area contributed by atoms with Gasteiger partial charge in [0.05, 0.1) is 25.2 Å². The molecule has 0 saturated heterocycles. The van der Waals surface area contributed by atoms with Crippen molar-refractivity contribution in [1.29, 1.82) is 0 Å². The van der Waals surface area contributed by atoms with E-state index in [2.05, 4.69) is 38.2 Å². The van der Waals surface area contributed by atoms with Crippen LogP contribution in [-0.4, -0.2) is 46.9 Å². The van der Waals surface area contributed by atoms with Gasteiger partial charge in [-0.3, -0.25) is 9.59 Å². The fourth-order valence-electron chi connectivity index (χ4n) is 8.31. The van der Waals surface area contributed by atoms with Crippen LogP contribution >= 0.6 is 0 Å². The Balaban J connectivity index is 4.56. The van der Waals surface area contributed by atoms with Crippen molar-refractivity contribution in [3.05, 3.63) is 12.2 Å². The fourth-order valence-corrected chi connectivity index (χ4v) is 8.31. The monoisotopic (exact) mass is 834 g/mol. The second kappa shape index (κ2) is 47.6. The summed E-state index contributed by atoms with van der Waals surface area (Å²) in [5.41, 5.74) is 0. The molecule has 350 valence electrons. The molecule has 1 amide bonds. The SMILES string of the molecule is CCCCCCCCCCC/C=C/CCCCCC(CC(=O)NC(CO)C(O)CCCCCCCCCCCC)OC(=O)CCCCCCCCCCCCCCCC. The van der Waals surface area contributed by atoms with Crippen molar-refractivity contribution in [2.45, 2.75) is 309 Å². The first kappa shape index (κ1) is 57.6. The van der Waals surface area contributed by atoms with Gasteiger partial charge in [0.1, 0.15) is 6.10 Å². The quantitative estimate of drug-likeness (QED) is 0.0322. The number of carbonyl (C=O) groups excluding carboxylic acids is 2. The van der Waals surface area contributed by atoms with Crippen LogP contribution in [0.2, 0.25) is 0 Å². The lowest BCUT2D eigenvalue weighted by molar-refractivity contribution is -0.151. The molecule has 0 aliphatic carbocycles. The summed E-state index contributed by atoms with van der Waals surface area (Å²) in [6, 6.07) is -0.699. The predicted octanol–water partition coefficient (Wildman–Crippen LogP) is 15.7. The summed E-state index contributed by atoms with van der Waals surface area (Å²) in [7, 11) is 0. The first-order valence-electron chi connectivity index (χ1n) is 26.4. The van der Waals surface area contributed by atoms with Crippen molar-refractivity contribution in [2.24, 2.45) is 0 Å². The van der Waals surface area contributed by atoms with Crippen molar-refractivity contribution in [1.82, 2.24) is 5.32 Å². The number of rotatable bonds is 48. The molecule has 0 spiro atoms. The fraction of sp³-hybridized carbons (Fsp3) is 0.925. The topological polar surface area (TPSA) is 95.9 Å². The summed E-state index contributed by atoms with van der Waals surface area (Å²) in [4.78, 5) is 26.1. The predicted molar refractivity (Wildman–Crippen MR) is 255 cm³/mol. The van der Waals surface area contributed by atoms with Gasteiger partial charge >= 0.3 is 5.97 Å². The zero-order valence-electron chi connectivity index (χ0n) is 39.9. The van der Waals surface area contributed by atoms with Crippen LogP contribution in [0, 0.1) is 0 Å². The van der Waals surface area contributed by atoms with Gasteiger partial charge in [-0.15, -0.1) is 0 Å². The third-order valence-electron chi connectivity index (χ3n) is 12.3. The molecule has 59 heavy (non-hydrogen) atoms. The maximum absolute atomic E-state index is 13.2. The van der Waals surface area contributed by atoms with E-state index in [-0.39, 0.29) is 24.9 Å². The van der Waals surface area contributed by atoms with Crippen LogP contribution in [0.5, 0.6) is 0 Å². The highest BCUT2D eigenvalue weighted by atomic mass is 16.5. The third-order valence-corrected chi connectivity index (χ3v) is 12.3. The van der Waals surface area contributed by atoms with Crippen LogP contribution in [0.25, 0.3) is 0 Å². The Morgan fingerprint density at radius 1 is 0.475 bits per heavy atom. The maximum Gasteiger partial charge on any atom is 0.306 e. The lowest BCUT2D eigenvalue weighted by Gasteiger charge is -2.24. The Morgan fingerprint density at radius 3 is 1.22 bits per heavy atom. The summed E-state index contributed by atoms with van der Waals surface area (Å²) in [5.74, 6) is -0.472. The van der Waals surface area contributed by atoms with E-state index in [0.29, 0.717) is 19.3 Å². The molecule has 0 bridgehead atoms. The molecule has 0 aromatic rings.